The summed E-state index contributed by atoms with van der Waals surface area (Å²) in [5, 5.41) is 0. The first-order valence-electron chi connectivity index (χ1n) is 12.4. The first-order valence-corrected chi connectivity index (χ1v) is 16.9. The van der Waals surface area contributed by atoms with Gasteiger partial charge in [-0.1, -0.05) is 43.9 Å². The van der Waals surface area contributed by atoms with Crippen molar-refractivity contribution in [3.8, 4) is 0 Å². The summed E-state index contributed by atoms with van der Waals surface area (Å²) in [6.45, 7) is 8.05. The predicted molar refractivity (Wildman–Crippen MR) is 149 cm³/mol. The summed E-state index contributed by atoms with van der Waals surface area (Å²) in [4.78, 5) is 32.4. The fourth-order valence-corrected chi connectivity index (χ4v) is 5.84. The van der Waals surface area contributed by atoms with Crippen molar-refractivity contribution in [1.82, 2.24) is 14.5 Å². The third-order valence-electron chi connectivity index (χ3n) is 6.71. The van der Waals surface area contributed by atoms with Gasteiger partial charge < -0.3 is 14.1 Å². The number of ether oxygens (including phenoxy) is 1. The molecule has 0 bridgehead atoms. The Morgan fingerprint density at radius 3 is 2.68 bits per heavy atom. The first kappa shape index (κ1) is 25.6. The summed E-state index contributed by atoms with van der Waals surface area (Å²) in [6, 6.07) is 18.1. The van der Waals surface area contributed by atoms with Crippen LogP contribution in [0.5, 0.6) is 0 Å². The van der Waals surface area contributed by atoms with Gasteiger partial charge in [-0.2, -0.15) is 0 Å². The van der Waals surface area contributed by atoms with Gasteiger partial charge in [0.25, 0.3) is 5.91 Å². The summed E-state index contributed by atoms with van der Waals surface area (Å²) < 4.78 is 13.8. The molecule has 2 aromatic carbocycles. The summed E-state index contributed by atoms with van der Waals surface area (Å²) in [5.41, 5.74) is 4.68. The second-order valence-corrected chi connectivity index (χ2v) is 17.1. The lowest BCUT2D eigenvalue weighted by Crippen LogP contribution is -2.29. The lowest BCUT2D eigenvalue weighted by molar-refractivity contribution is 0.0708. The van der Waals surface area contributed by atoms with E-state index in [1.807, 2.05) is 59.5 Å². The molecule has 0 aliphatic carbocycles. The zero-order valence-electron chi connectivity index (χ0n) is 21.2. The number of halogens is 1. The van der Waals surface area contributed by atoms with Gasteiger partial charge in [0.05, 0.1) is 17.3 Å². The van der Waals surface area contributed by atoms with Crippen LogP contribution in [-0.2, 0) is 24.4 Å². The Balaban J connectivity index is 1.38. The van der Waals surface area contributed by atoms with Crippen molar-refractivity contribution in [3.05, 3.63) is 98.2 Å². The Bertz CT molecular complexity index is 1510. The highest BCUT2D eigenvalue weighted by molar-refractivity contribution is 9.10. The molecule has 0 N–H and O–H groups in total. The summed E-state index contributed by atoms with van der Waals surface area (Å²) in [7, 11) is -1.21. The van der Waals surface area contributed by atoms with Gasteiger partial charge in [-0.3, -0.25) is 9.78 Å². The molecule has 9 heteroatoms. The number of hydrogen-bond acceptors (Lipinski definition) is 5. The number of carbonyl (C=O) groups is 1. The van der Waals surface area contributed by atoms with E-state index in [1.165, 1.54) is 4.57 Å². The Morgan fingerprint density at radius 2 is 1.89 bits per heavy atom. The van der Waals surface area contributed by atoms with Crippen LogP contribution < -0.4 is 5.76 Å². The smallest absolute Gasteiger partial charge is 0.408 e. The number of aromatic nitrogens is 2. The molecule has 0 radical (unpaired) electrons. The summed E-state index contributed by atoms with van der Waals surface area (Å²) >= 11 is 3.60. The maximum Gasteiger partial charge on any atom is 0.421 e. The van der Waals surface area contributed by atoms with Crippen LogP contribution in [0.25, 0.3) is 11.1 Å². The molecule has 3 heterocycles. The number of hydrogen-bond donors (Lipinski definition) is 0. The largest absolute Gasteiger partial charge is 0.421 e. The van der Waals surface area contributed by atoms with Crippen molar-refractivity contribution < 1.29 is 13.9 Å². The van der Waals surface area contributed by atoms with Gasteiger partial charge >= 0.3 is 5.76 Å². The summed E-state index contributed by atoms with van der Waals surface area (Å²) in [6.07, 6.45) is 2.36. The van der Waals surface area contributed by atoms with E-state index >= 15 is 0 Å². The molecule has 0 spiro atoms. The van der Waals surface area contributed by atoms with E-state index in [0.29, 0.717) is 36.2 Å². The van der Waals surface area contributed by atoms with Crippen LogP contribution in [0.15, 0.2) is 74.5 Å². The molecule has 4 aromatic rings. The van der Waals surface area contributed by atoms with E-state index in [0.717, 1.165) is 27.3 Å². The number of oxazole rings is 1. The van der Waals surface area contributed by atoms with Crippen molar-refractivity contribution in [1.29, 1.82) is 0 Å². The lowest BCUT2D eigenvalue weighted by Gasteiger charge is -2.25. The second-order valence-electron chi connectivity index (χ2n) is 10.6. The van der Waals surface area contributed by atoms with Gasteiger partial charge in [0.2, 0.25) is 0 Å². The molecule has 1 aliphatic rings. The van der Waals surface area contributed by atoms with Gasteiger partial charge in [0.1, 0.15) is 6.73 Å². The molecule has 7 nitrogen and oxygen atoms in total. The maximum absolute atomic E-state index is 13.4. The molecular weight excluding hydrogens is 550 g/mol. The molecule has 37 heavy (non-hydrogen) atoms. The van der Waals surface area contributed by atoms with Gasteiger partial charge in [-0.05, 0) is 63.4 Å². The highest BCUT2D eigenvalue weighted by atomic mass is 79.9. The maximum atomic E-state index is 13.4. The third-order valence-corrected chi connectivity index (χ3v) is 9.14. The lowest BCUT2D eigenvalue weighted by atomic mass is 10.0. The SMILES string of the molecule is C[Si](C)(C)CCOCn1c(=O)oc2cc(CN3C(=O)c4ccccc4C3Cc3ncccc3Br)ccc21. The van der Waals surface area contributed by atoms with Gasteiger partial charge in [0, 0.05) is 43.9 Å². The average molecular weight is 581 g/mol. The molecule has 2 aromatic heterocycles. The minimum absolute atomic E-state index is 0.0115. The monoisotopic (exact) mass is 579 g/mol. The van der Waals surface area contributed by atoms with Crippen molar-refractivity contribution in [2.75, 3.05) is 6.61 Å². The normalized spacial score (nSPS) is 15.5. The number of fused-ring (bicyclic) bond motifs is 2. The Morgan fingerprint density at radius 1 is 1.08 bits per heavy atom. The number of nitrogens with zero attached hydrogens (tertiary/aromatic N) is 3. The Labute approximate surface area is 225 Å². The Kier molecular flexibility index (Phi) is 7.20. The molecule has 0 saturated carbocycles. The van der Waals surface area contributed by atoms with Crippen LogP contribution >= 0.6 is 15.9 Å². The van der Waals surface area contributed by atoms with E-state index in [-0.39, 0.29) is 18.7 Å². The minimum Gasteiger partial charge on any atom is -0.408 e. The number of rotatable bonds is 9. The van der Waals surface area contributed by atoms with Crippen molar-refractivity contribution in [3.63, 3.8) is 0 Å². The number of amides is 1. The van der Waals surface area contributed by atoms with Crippen molar-refractivity contribution in [2.24, 2.45) is 0 Å². The topological polar surface area (TPSA) is 77.6 Å². The molecule has 1 amide bonds. The van der Waals surface area contributed by atoms with Crippen LogP contribution in [0.2, 0.25) is 25.7 Å². The van der Waals surface area contributed by atoms with Gasteiger partial charge in [0.15, 0.2) is 5.58 Å². The highest BCUT2D eigenvalue weighted by Gasteiger charge is 2.37. The quantitative estimate of drug-likeness (QED) is 0.179. The number of benzene rings is 2. The molecule has 1 atom stereocenters. The van der Waals surface area contributed by atoms with Crippen molar-refractivity contribution in [2.45, 2.75) is 51.4 Å². The van der Waals surface area contributed by atoms with Gasteiger partial charge in [-0.15, -0.1) is 0 Å². The van der Waals surface area contributed by atoms with Crippen LogP contribution in [0.1, 0.15) is 33.2 Å². The molecule has 0 fully saturated rings. The zero-order valence-corrected chi connectivity index (χ0v) is 23.8. The van der Waals surface area contributed by atoms with Crippen LogP contribution in [0.4, 0.5) is 0 Å². The molecule has 1 aliphatic heterocycles. The fourth-order valence-electron chi connectivity index (χ4n) is 4.66. The number of carbonyl (C=O) groups excluding carboxylic acids is 1. The van der Waals surface area contributed by atoms with E-state index < -0.39 is 13.8 Å². The molecule has 5 rings (SSSR count). The van der Waals surface area contributed by atoms with Crippen molar-refractivity contribution >= 4 is 41.0 Å². The fraction of sp³-hybridized carbons (Fsp3) is 0.321. The van der Waals surface area contributed by atoms with E-state index in [9.17, 15) is 9.59 Å². The average Bonchev–Trinajstić information content (AvgIpc) is 3.31. The highest BCUT2D eigenvalue weighted by Crippen LogP contribution is 2.38. The molecular formula is C28H30BrN3O4Si. The molecule has 1 unspecified atom stereocenters. The van der Waals surface area contributed by atoms with Gasteiger partial charge in [-0.25, -0.2) is 9.36 Å². The standard InChI is InChI=1S/C28H30BrN3O4Si/c1-37(2,3)14-13-35-18-32-24-11-10-19(15-26(24)36-28(32)34)17-31-25(16-23-22(29)9-6-12-30-23)20-7-4-5-8-21(20)27(31)33/h4-12,15,25H,13-14,16-18H2,1-3H3. The van der Waals surface area contributed by atoms with E-state index in [4.69, 9.17) is 9.15 Å². The third kappa shape index (κ3) is 5.49. The molecule has 0 saturated heterocycles. The van der Waals surface area contributed by atoms with E-state index in [2.05, 4.69) is 40.6 Å². The van der Waals surface area contributed by atoms with Crippen LogP contribution in [0.3, 0.4) is 0 Å². The number of pyridine rings is 1. The minimum atomic E-state index is -1.21. The second kappa shape index (κ2) is 10.4. The van der Waals surface area contributed by atoms with Crippen LogP contribution in [-0.4, -0.2) is 35.0 Å². The summed E-state index contributed by atoms with van der Waals surface area (Å²) in [5.74, 6) is -0.453. The first-order chi connectivity index (χ1) is 17.7. The Hall–Kier alpha value is -3.01. The predicted octanol–water partition coefficient (Wildman–Crippen LogP) is 6.00. The van der Waals surface area contributed by atoms with Crippen LogP contribution in [0, 0.1) is 0 Å². The molecule has 192 valence electrons. The van der Waals surface area contributed by atoms with E-state index in [1.54, 1.807) is 6.20 Å². The zero-order chi connectivity index (χ0) is 26.2.